The molecule has 1 aliphatic heterocycles. The van der Waals surface area contributed by atoms with E-state index >= 15 is 0 Å². The predicted molar refractivity (Wildman–Crippen MR) is 57.6 cm³/mol. The van der Waals surface area contributed by atoms with E-state index in [4.69, 9.17) is 9.84 Å². The number of amides is 1. The number of pyridine rings is 1. The molecule has 1 aliphatic rings. The van der Waals surface area contributed by atoms with Crippen LogP contribution in [0.5, 0.6) is 0 Å². The standard InChI is InChI=1S/C11H12N2O4/c14-10(15)9-4-8(5-12-6-9)7-13-2-1-3-17-11(13)16/h4-6H,1-3,7H2,(H,14,15). The maximum absolute atomic E-state index is 11.4. The highest BCUT2D eigenvalue weighted by Crippen LogP contribution is 2.11. The number of rotatable bonds is 3. The molecule has 0 spiro atoms. The van der Waals surface area contributed by atoms with Crippen molar-refractivity contribution in [2.75, 3.05) is 13.2 Å². The second-order valence-electron chi connectivity index (χ2n) is 3.78. The fourth-order valence-electron chi connectivity index (χ4n) is 1.65. The highest BCUT2D eigenvalue weighted by atomic mass is 16.6. The highest BCUT2D eigenvalue weighted by molar-refractivity contribution is 5.87. The van der Waals surface area contributed by atoms with Gasteiger partial charge in [0.25, 0.3) is 0 Å². The molecule has 6 nitrogen and oxygen atoms in total. The van der Waals surface area contributed by atoms with Gasteiger partial charge in [0.2, 0.25) is 0 Å². The maximum atomic E-state index is 11.4. The van der Waals surface area contributed by atoms with Crippen molar-refractivity contribution in [3.05, 3.63) is 29.6 Å². The third-order valence-corrected chi connectivity index (χ3v) is 2.47. The van der Waals surface area contributed by atoms with Gasteiger partial charge in [-0.15, -0.1) is 0 Å². The first-order valence-electron chi connectivity index (χ1n) is 5.26. The van der Waals surface area contributed by atoms with Crippen LogP contribution in [0.1, 0.15) is 22.3 Å². The molecule has 90 valence electrons. The molecule has 0 radical (unpaired) electrons. The third-order valence-electron chi connectivity index (χ3n) is 2.47. The fraction of sp³-hybridized carbons (Fsp3) is 0.364. The van der Waals surface area contributed by atoms with E-state index in [1.54, 1.807) is 6.20 Å². The fourth-order valence-corrected chi connectivity index (χ4v) is 1.65. The number of aromatic carboxylic acids is 1. The van der Waals surface area contributed by atoms with Crippen molar-refractivity contribution in [3.63, 3.8) is 0 Å². The average molecular weight is 236 g/mol. The Hall–Kier alpha value is -2.11. The highest BCUT2D eigenvalue weighted by Gasteiger charge is 2.19. The number of carboxylic acids is 1. The molecule has 2 heterocycles. The minimum atomic E-state index is -1.03. The zero-order valence-electron chi connectivity index (χ0n) is 9.13. The largest absolute Gasteiger partial charge is 0.478 e. The summed E-state index contributed by atoms with van der Waals surface area (Å²) in [5.41, 5.74) is 0.802. The maximum Gasteiger partial charge on any atom is 0.410 e. The van der Waals surface area contributed by atoms with Crippen molar-refractivity contribution < 1.29 is 19.4 Å². The molecule has 0 aromatic carbocycles. The van der Waals surface area contributed by atoms with Gasteiger partial charge < -0.3 is 14.7 Å². The quantitative estimate of drug-likeness (QED) is 0.850. The van der Waals surface area contributed by atoms with Crippen LogP contribution in [0.4, 0.5) is 4.79 Å². The Labute approximate surface area is 97.8 Å². The molecular weight excluding hydrogens is 224 g/mol. The Balaban J connectivity index is 2.09. The molecule has 0 bridgehead atoms. The molecule has 1 N–H and O–H groups in total. The number of carbonyl (C=O) groups excluding carboxylic acids is 1. The Morgan fingerprint density at radius 3 is 3.06 bits per heavy atom. The zero-order chi connectivity index (χ0) is 12.3. The Bertz CT molecular complexity index is 447. The number of cyclic esters (lactones) is 1. The van der Waals surface area contributed by atoms with Gasteiger partial charge >= 0.3 is 12.1 Å². The van der Waals surface area contributed by atoms with Gasteiger partial charge in [-0.2, -0.15) is 0 Å². The van der Waals surface area contributed by atoms with E-state index in [-0.39, 0.29) is 11.7 Å². The summed E-state index contributed by atoms with van der Waals surface area (Å²) in [4.78, 5) is 27.5. The number of hydrogen-bond donors (Lipinski definition) is 1. The van der Waals surface area contributed by atoms with Crippen molar-refractivity contribution in [3.8, 4) is 0 Å². The number of ether oxygens (including phenoxy) is 1. The van der Waals surface area contributed by atoms with Crippen molar-refractivity contribution in [2.45, 2.75) is 13.0 Å². The van der Waals surface area contributed by atoms with E-state index in [0.717, 1.165) is 6.42 Å². The third kappa shape index (κ3) is 2.72. The van der Waals surface area contributed by atoms with Crippen molar-refractivity contribution in [1.82, 2.24) is 9.88 Å². The molecular formula is C11H12N2O4. The van der Waals surface area contributed by atoms with Crippen LogP contribution in [0.2, 0.25) is 0 Å². The summed E-state index contributed by atoms with van der Waals surface area (Å²) in [6.45, 7) is 1.39. The van der Waals surface area contributed by atoms with E-state index in [2.05, 4.69) is 4.98 Å². The molecule has 0 unspecified atom stereocenters. The first-order chi connectivity index (χ1) is 8.16. The van der Waals surface area contributed by atoms with Crippen molar-refractivity contribution in [2.24, 2.45) is 0 Å². The topological polar surface area (TPSA) is 79.7 Å². The molecule has 1 aromatic heterocycles. The summed E-state index contributed by atoms with van der Waals surface area (Å²) >= 11 is 0. The molecule has 0 aliphatic carbocycles. The Kier molecular flexibility index (Phi) is 3.22. The molecule has 0 atom stereocenters. The second kappa shape index (κ2) is 4.82. The molecule has 1 fully saturated rings. The van der Waals surface area contributed by atoms with E-state index < -0.39 is 5.97 Å². The summed E-state index contributed by atoms with van der Waals surface area (Å²) in [5, 5.41) is 8.82. The lowest BCUT2D eigenvalue weighted by atomic mass is 10.2. The van der Waals surface area contributed by atoms with E-state index in [9.17, 15) is 9.59 Å². The van der Waals surface area contributed by atoms with Crippen LogP contribution in [0.25, 0.3) is 0 Å². The van der Waals surface area contributed by atoms with Gasteiger partial charge in [0, 0.05) is 18.9 Å². The molecule has 2 rings (SSSR count). The van der Waals surface area contributed by atoms with Gasteiger partial charge in [-0.05, 0) is 18.1 Å². The van der Waals surface area contributed by atoms with Crippen molar-refractivity contribution >= 4 is 12.1 Å². The van der Waals surface area contributed by atoms with E-state index in [1.807, 2.05) is 0 Å². The number of aromatic nitrogens is 1. The number of carboxylic acid groups (broad SMARTS) is 1. The number of carbonyl (C=O) groups is 2. The van der Waals surface area contributed by atoms with Crippen LogP contribution in [-0.4, -0.2) is 40.2 Å². The van der Waals surface area contributed by atoms with Gasteiger partial charge in [-0.25, -0.2) is 9.59 Å². The Morgan fingerprint density at radius 1 is 1.53 bits per heavy atom. The summed E-state index contributed by atoms with van der Waals surface area (Å²) in [6.07, 6.45) is 3.25. The summed E-state index contributed by atoms with van der Waals surface area (Å²) in [7, 11) is 0. The monoisotopic (exact) mass is 236 g/mol. The lowest BCUT2D eigenvalue weighted by molar-refractivity contribution is 0.0696. The van der Waals surface area contributed by atoms with Crippen LogP contribution in [-0.2, 0) is 11.3 Å². The van der Waals surface area contributed by atoms with Gasteiger partial charge in [0.1, 0.15) is 0 Å². The molecule has 1 saturated heterocycles. The summed E-state index contributed by atoms with van der Waals surface area (Å²) < 4.78 is 4.89. The number of hydrogen-bond acceptors (Lipinski definition) is 4. The molecule has 1 amide bonds. The van der Waals surface area contributed by atoms with Gasteiger partial charge in [-0.1, -0.05) is 0 Å². The first-order valence-corrected chi connectivity index (χ1v) is 5.26. The minimum absolute atomic E-state index is 0.118. The average Bonchev–Trinajstić information content (AvgIpc) is 2.32. The second-order valence-corrected chi connectivity index (χ2v) is 3.78. The summed E-state index contributed by atoms with van der Waals surface area (Å²) in [6, 6.07) is 1.51. The van der Waals surface area contributed by atoms with Gasteiger partial charge in [0.15, 0.2) is 0 Å². The molecule has 0 saturated carbocycles. The van der Waals surface area contributed by atoms with Crippen LogP contribution in [0.3, 0.4) is 0 Å². The predicted octanol–water partition coefficient (Wildman–Crippen LogP) is 1.12. The summed E-state index contributed by atoms with van der Waals surface area (Å²) in [5.74, 6) is -1.03. The first kappa shape index (κ1) is 11.4. The van der Waals surface area contributed by atoms with E-state index in [0.29, 0.717) is 25.3 Å². The molecule has 6 heteroatoms. The van der Waals surface area contributed by atoms with Crippen LogP contribution < -0.4 is 0 Å². The van der Waals surface area contributed by atoms with E-state index in [1.165, 1.54) is 17.2 Å². The van der Waals surface area contributed by atoms with Crippen molar-refractivity contribution in [1.29, 1.82) is 0 Å². The Morgan fingerprint density at radius 2 is 2.35 bits per heavy atom. The zero-order valence-corrected chi connectivity index (χ0v) is 9.13. The van der Waals surface area contributed by atoms with Crippen LogP contribution >= 0.6 is 0 Å². The lowest BCUT2D eigenvalue weighted by Crippen LogP contribution is -2.37. The normalized spacial score (nSPS) is 15.5. The number of nitrogens with zero attached hydrogens (tertiary/aromatic N) is 2. The smallest absolute Gasteiger partial charge is 0.410 e. The minimum Gasteiger partial charge on any atom is -0.478 e. The lowest BCUT2D eigenvalue weighted by Gasteiger charge is -2.26. The van der Waals surface area contributed by atoms with Gasteiger partial charge in [-0.3, -0.25) is 4.98 Å². The molecule has 1 aromatic rings. The van der Waals surface area contributed by atoms with Gasteiger partial charge in [0.05, 0.1) is 18.7 Å². The molecule has 17 heavy (non-hydrogen) atoms. The van der Waals surface area contributed by atoms with Crippen LogP contribution in [0, 0.1) is 0 Å². The SMILES string of the molecule is O=C(O)c1cncc(CN2CCCOC2=O)c1. The van der Waals surface area contributed by atoms with Crippen LogP contribution in [0.15, 0.2) is 18.5 Å².